The highest BCUT2D eigenvalue weighted by Gasteiger charge is 2.15. The Morgan fingerprint density at radius 2 is 1.85 bits per heavy atom. The second kappa shape index (κ2) is 6.06. The third-order valence-electron chi connectivity index (χ3n) is 4.04. The van der Waals surface area contributed by atoms with Crippen LogP contribution in [0.2, 0.25) is 0 Å². The summed E-state index contributed by atoms with van der Waals surface area (Å²) in [5.74, 6) is 0.649. The van der Waals surface area contributed by atoms with Crippen molar-refractivity contribution in [1.82, 2.24) is 10.6 Å². The molecule has 0 bridgehead atoms. The number of piperidine rings is 1. The Morgan fingerprint density at radius 1 is 1.10 bits per heavy atom. The van der Waals surface area contributed by atoms with Gasteiger partial charge in [-0.1, -0.05) is 36.4 Å². The van der Waals surface area contributed by atoms with E-state index in [1.54, 1.807) is 0 Å². The van der Waals surface area contributed by atoms with Crippen molar-refractivity contribution < 1.29 is 4.79 Å². The summed E-state index contributed by atoms with van der Waals surface area (Å²) >= 11 is 0. The molecule has 3 rings (SSSR count). The lowest BCUT2D eigenvalue weighted by atomic mass is 9.98. The van der Waals surface area contributed by atoms with Crippen molar-refractivity contribution >= 4 is 16.7 Å². The van der Waals surface area contributed by atoms with Crippen molar-refractivity contribution in [3.05, 3.63) is 48.0 Å². The van der Waals surface area contributed by atoms with Gasteiger partial charge in [0.2, 0.25) is 0 Å². The predicted molar refractivity (Wildman–Crippen MR) is 81.9 cm³/mol. The first-order valence-corrected chi connectivity index (χ1v) is 7.31. The number of carbonyl (C=O) groups excluding carboxylic acids is 1. The predicted octanol–water partition coefficient (Wildman–Crippen LogP) is 2.57. The van der Waals surface area contributed by atoms with Crippen LogP contribution in [0.4, 0.5) is 0 Å². The van der Waals surface area contributed by atoms with E-state index in [0.29, 0.717) is 5.92 Å². The monoisotopic (exact) mass is 268 g/mol. The van der Waals surface area contributed by atoms with Crippen molar-refractivity contribution in [2.24, 2.45) is 5.92 Å². The Morgan fingerprint density at radius 3 is 2.70 bits per heavy atom. The molecule has 0 saturated carbocycles. The average molecular weight is 268 g/mol. The van der Waals surface area contributed by atoms with Crippen LogP contribution in [0.1, 0.15) is 23.2 Å². The van der Waals surface area contributed by atoms with E-state index < -0.39 is 0 Å². The van der Waals surface area contributed by atoms with Gasteiger partial charge in [0.25, 0.3) is 5.91 Å². The van der Waals surface area contributed by atoms with Gasteiger partial charge in [-0.2, -0.15) is 0 Å². The van der Waals surface area contributed by atoms with Gasteiger partial charge in [0.05, 0.1) is 0 Å². The van der Waals surface area contributed by atoms with E-state index in [4.69, 9.17) is 0 Å². The largest absolute Gasteiger partial charge is 0.352 e. The van der Waals surface area contributed by atoms with E-state index in [9.17, 15) is 4.79 Å². The van der Waals surface area contributed by atoms with E-state index in [1.165, 1.54) is 0 Å². The Labute approximate surface area is 119 Å². The van der Waals surface area contributed by atoms with E-state index in [0.717, 1.165) is 48.8 Å². The number of benzene rings is 2. The molecule has 104 valence electrons. The molecule has 3 heteroatoms. The molecule has 1 amide bonds. The Balaban J connectivity index is 1.72. The van der Waals surface area contributed by atoms with Crippen LogP contribution < -0.4 is 10.6 Å². The Bertz CT molecular complexity index is 597. The molecule has 0 aliphatic carbocycles. The average Bonchev–Trinajstić information content (AvgIpc) is 2.53. The first kappa shape index (κ1) is 13.1. The van der Waals surface area contributed by atoms with Crippen LogP contribution in [0.15, 0.2) is 42.5 Å². The zero-order valence-corrected chi connectivity index (χ0v) is 11.6. The number of nitrogens with one attached hydrogen (secondary N) is 2. The van der Waals surface area contributed by atoms with E-state index in [2.05, 4.69) is 10.6 Å². The van der Waals surface area contributed by atoms with Crippen LogP contribution in [0.25, 0.3) is 10.8 Å². The molecule has 0 radical (unpaired) electrons. The molecule has 2 aromatic carbocycles. The maximum absolute atomic E-state index is 12.4. The summed E-state index contributed by atoms with van der Waals surface area (Å²) in [6, 6.07) is 13.9. The zero-order chi connectivity index (χ0) is 13.8. The maximum Gasteiger partial charge on any atom is 0.251 e. The molecule has 0 atom stereocenters. The first-order chi connectivity index (χ1) is 9.84. The van der Waals surface area contributed by atoms with Crippen molar-refractivity contribution in [1.29, 1.82) is 0 Å². The van der Waals surface area contributed by atoms with Gasteiger partial charge in [-0.05, 0) is 48.7 Å². The van der Waals surface area contributed by atoms with E-state index in [-0.39, 0.29) is 5.91 Å². The SMILES string of the molecule is O=C(NCC1CCNCC1)c1cccc2ccccc12. The van der Waals surface area contributed by atoms with Crippen molar-refractivity contribution in [3.8, 4) is 0 Å². The molecule has 2 aromatic rings. The third-order valence-corrected chi connectivity index (χ3v) is 4.04. The van der Waals surface area contributed by atoms with Gasteiger partial charge in [0, 0.05) is 12.1 Å². The normalized spacial score (nSPS) is 16.2. The van der Waals surface area contributed by atoms with Gasteiger partial charge < -0.3 is 10.6 Å². The zero-order valence-electron chi connectivity index (χ0n) is 11.6. The van der Waals surface area contributed by atoms with Gasteiger partial charge >= 0.3 is 0 Å². The quantitative estimate of drug-likeness (QED) is 0.898. The van der Waals surface area contributed by atoms with Gasteiger partial charge in [-0.15, -0.1) is 0 Å². The summed E-state index contributed by atoms with van der Waals surface area (Å²) in [6.07, 6.45) is 2.30. The number of carbonyl (C=O) groups is 1. The van der Waals surface area contributed by atoms with E-state index in [1.807, 2.05) is 42.5 Å². The molecule has 2 N–H and O–H groups in total. The molecule has 1 aliphatic rings. The highest BCUT2D eigenvalue weighted by molar-refractivity contribution is 6.06. The van der Waals surface area contributed by atoms with Crippen LogP contribution in [0, 0.1) is 5.92 Å². The molecule has 1 aliphatic heterocycles. The molecule has 3 nitrogen and oxygen atoms in total. The van der Waals surface area contributed by atoms with Crippen molar-refractivity contribution in [3.63, 3.8) is 0 Å². The number of fused-ring (bicyclic) bond motifs is 1. The highest BCUT2D eigenvalue weighted by atomic mass is 16.1. The third kappa shape index (κ3) is 2.83. The lowest BCUT2D eigenvalue weighted by Gasteiger charge is -2.22. The number of amides is 1. The first-order valence-electron chi connectivity index (χ1n) is 7.31. The fourth-order valence-electron chi connectivity index (χ4n) is 2.84. The smallest absolute Gasteiger partial charge is 0.251 e. The van der Waals surface area contributed by atoms with Gasteiger partial charge in [0.1, 0.15) is 0 Å². The molecule has 20 heavy (non-hydrogen) atoms. The minimum atomic E-state index is 0.0420. The van der Waals surface area contributed by atoms with Gasteiger partial charge in [-0.25, -0.2) is 0 Å². The summed E-state index contributed by atoms with van der Waals surface area (Å²) < 4.78 is 0. The lowest BCUT2D eigenvalue weighted by Crippen LogP contribution is -2.36. The second-order valence-corrected chi connectivity index (χ2v) is 5.43. The standard InChI is InChI=1S/C17H20N2O/c20-17(19-12-13-8-10-18-11-9-13)16-7-3-5-14-4-1-2-6-15(14)16/h1-7,13,18H,8-12H2,(H,19,20). The van der Waals surface area contributed by atoms with E-state index >= 15 is 0 Å². The Hall–Kier alpha value is -1.87. The van der Waals surface area contributed by atoms with Crippen molar-refractivity contribution in [2.75, 3.05) is 19.6 Å². The van der Waals surface area contributed by atoms with Crippen LogP contribution in [0.5, 0.6) is 0 Å². The number of hydrogen-bond acceptors (Lipinski definition) is 2. The fourth-order valence-corrected chi connectivity index (χ4v) is 2.84. The van der Waals surface area contributed by atoms with Gasteiger partial charge in [0.15, 0.2) is 0 Å². The minimum absolute atomic E-state index is 0.0420. The van der Waals surface area contributed by atoms with Crippen LogP contribution in [-0.2, 0) is 0 Å². The summed E-state index contributed by atoms with van der Waals surface area (Å²) in [5, 5.41) is 8.58. The van der Waals surface area contributed by atoms with Crippen molar-refractivity contribution in [2.45, 2.75) is 12.8 Å². The fraction of sp³-hybridized carbons (Fsp3) is 0.353. The molecular formula is C17H20N2O. The summed E-state index contributed by atoms with van der Waals surface area (Å²) in [6.45, 7) is 2.91. The van der Waals surface area contributed by atoms with Gasteiger partial charge in [-0.3, -0.25) is 4.79 Å². The lowest BCUT2D eigenvalue weighted by molar-refractivity contribution is 0.0946. The highest BCUT2D eigenvalue weighted by Crippen LogP contribution is 2.18. The molecule has 1 fully saturated rings. The topological polar surface area (TPSA) is 41.1 Å². The molecule has 1 heterocycles. The molecule has 0 spiro atoms. The molecule has 0 aromatic heterocycles. The second-order valence-electron chi connectivity index (χ2n) is 5.43. The Kier molecular flexibility index (Phi) is 3.97. The molecule has 1 saturated heterocycles. The summed E-state index contributed by atoms with van der Waals surface area (Å²) in [7, 11) is 0. The molecular weight excluding hydrogens is 248 g/mol. The number of hydrogen-bond donors (Lipinski definition) is 2. The van der Waals surface area contributed by atoms with Crippen LogP contribution in [0.3, 0.4) is 0 Å². The molecule has 0 unspecified atom stereocenters. The summed E-state index contributed by atoms with van der Waals surface area (Å²) in [4.78, 5) is 12.4. The summed E-state index contributed by atoms with van der Waals surface area (Å²) in [5.41, 5.74) is 0.775. The van der Waals surface area contributed by atoms with Crippen LogP contribution in [-0.4, -0.2) is 25.5 Å². The van der Waals surface area contributed by atoms with Crippen LogP contribution >= 0.6 is 0 Å². The minimum Gasteiger partial charge on any atom is -0.352 e. The maximum atomic E-state index is 12.4. The number of rotatable bonds is 3.